The number of carboxylic acid groups (broad SMARTS) is 1. The summed E-state index contributed by atoms with van der Waals surface area (Å²) in [7, 11) is 0. The molecule has 3 aromatic rings. The smallest absolute Gasteiger partial charge is 0.408 e. The van der Waals surface area contributed by atoms with Crippen LogP contribution in [-0.2, 0) is 16.1 Å². The lowest BCUT2D eigenvalue weighted by atomic mass is 10.1. The second kappa shape index (κ2) is 10.3. The molecule has 3 rings (SSSR count). The van der Waals surface area contributed by atoms with Crippen LogP contribution in [0.25, 0.3) is 11.0 Å². The number of fused-ring (bicyclic) bond motifs is 1. The molecule has 1 aromatic heterocycles. The summed E-state index contributed by atoms with van der Waals surface area (Å²) >= 11 is 5.33. The highest BCUT2D eigenvalue weighted by atomic mass is 32.1. The Bertz CT molecular complexity index is 1020. The summed E-state index contributed by atoms with van der Waals surface area (Å²) in [5, 5.41) is 23.2. The molecule has 1 heterocycles. The van der Waals surface area contributed by atoms with Gasteiger partial charge in [0.1, 0.15) is 18.2 Å². The number of benzene rings is 2. The van der Waals surface area contributed by atoms with Crippen LogP contribution in [0.5, 0.6) is 0 Å². The third-order valence-electron chi connectivity index (χ3n) is 4.29. The van der Waals surface area contributed by atoms with Crippen LogP contribution in [0.1, 0.15) is 18.4 Å². The number of nitrogens with one attached hydrogen (secondary N) is 2. The lowest BCUT2D eigenvalue weighted by Crippen LogP contribution is -2.41. The molecule has 0 aliphatic carbocycles. The Hall–Kier alpha value is -3.53. The van der Waals surface area contributed by atoms with Gasteiger partial charge in [-0.3, -0.25) is 0 Å². The monoisotopic (exact) mass is 427 g/mol. The SMILES string of the molecule is O=C(N[C@@H](CCCNC(=S)n1nnc2ccccc21)C(=O)O)OCc1ccccc1. The van der Waals surface area contributed by atoms with Crippen LogP contribution < -0.4 is 10.6 Å². The first kappa shape index (κ1) is 21.2. The number of carbonyl (C=O) groups is 2. The first-order chi connectivity index (χ1) is 14.5. The Kier molecular flexibility index (Phi) is 7.28. The molecule has 0 radical (unpaired) electrons. The molecule has 2 aromatic carbocycles. The number of alkyl carbamates (subject to hydrolysis) is 1. The van der Waals surface area contributed by atoms with Crippen LogP contribution in [-0.4, -0.2) is 49.9 Å². The van der Waals surface area contributed by atoms with Gasteiger partial charge < -0.3 is 20.5 Å². The molecular formula is C20H21N5O4S. The first-order valence-corrected chi connectivity index (χ1v) is 9.74. The third kappa shape index (κ3) is 5.74. The van der Waals surface area contributed by atoms with Gasteiger partial charge in [0.2, 0.25) is 0 Å². The van der Waals surface area contributed by atoms with Gasteiger partial charge in [0.15, 0.2) is 5.11 Å². The second-order valence-electron chi connectivity index (χ2n) is 6.46. The van der Waals surface area contributed by atoms with Crippen molar-refractivity contribution in [3.05, 3.63) is 60.2 Å². The molecule has 1 amide bonds. The van der Waals surface area contributed by atoms with Crippen molar-refractivity contribution in [3.8, 4) is 0 Å². The van der Waals surface area contributed by atoms with Crippen molar-refractivity contribution in [3.63, 3.8) is 0 Å². The molecule has 0 aliphatic rings. The Morgan fingerprint density at radius 3 is 2.63 bits per heavy atom. The van der Waals surface area contributed by atoms with Gasteiger partial charge in [0.25, 0.3) is 0 Å². The van der Waals surface area contributed by atoms with Gasteiger partial charge >= 0.3 is 12.1 Å². The largest absolute Gasteiger partial charge is 0.480 e. The van der Waals surface area contributed by atoms with Gasteiger partial charge in [0.05, 0.1) is 5.52 Å². The molecule has 0 unspecified atom stereocenters. The number of aliphatic carboxylic acids is 1. The minimum atomic E-state index is -1.13. The highest BCUT2D eigenvalue weighted by Gasteiger charge is 2.20. The number of hydrogen-bond acceptors (Lipinski definition) is 6. The predicted octanol–water partition coefficient (Wildman–Crippen LogP) is 2.31. The summed E-state index contributed by atoms with van der Waals surface area (Å²) in [6.07, 6.45) is -0.101. The van der Waals surface area contributed by atoms with Gasteiger partial charge in [0, 0.05) is 6.54 Å². The van der Waals surface area contributed by atoms with Crippen molar-refractivity contribution in [2.24, 2.45) is 0 Å². The molecular weight excluding hydrogens is 406 g/mol. The molecule has 30 heavy (non-hydrogen) atoms. The van der Waals surface area contributed by atoms with Crippen molar-refractivity contribution in [1.29, 1.82) is 0 Å². The van der Waals surface area contributed by atoms with E-state index < -0.39 is 18.1 Å². The number of ether oxygens (including phenoxy) is 1. The van der Waals surface area contributed by atoms with E-state index in [2.05, 4.69) is 20.9 Å². The number of hydrogen-bond donors (Lipinski definition) is 3. The van der Waals surface area contributed by atoms with Crippen molar-refractivity contribution in [2.45, 2.75) is 25.5 Å². The first-order valence-electron chi connectivity index (χ1n) is 9.33. The number of para-hydroxylation sites is 1. The summed E-state index contributed by atoms with van der Waals surface area (Å²) in [4.78, 5) is 23.3. The highest BCUT2D eigenvalue weighted by Crippen LogP contribution is 2.09. The maximum atomic E-state index is 11.9. The normalized spacial score (nSPS) is 11.6. The summed E-state index contributed by atoms with van der Waals surface area (Å²) in [6, 6.07) is 15.5. The van der Waals surface area contributed by atoms with Crippen LogP contribution in [0.3, 0.4) is 0 Å². The summed E-state index contributed by atoms with van der Waals surface area (Å²) in [6.45, 7) is 0.484. The van der Waals surface area contributed by atoms with Crippen molar-refractivity contribution < 1.29 is 19.4 Å². The Morgan fingerprint density at radius 1 is 1.13 bits per heavy atom. The minimum absolute atomic E-state index is 0.0701. The zero-order valence-electron chi connectivity index (χ0n) is 16.0. The van der Waals surface area contributed by atoms with E-state index in [0.29, 0.717) is 18.1 Å². The summed E-state index contributed by atoms with van der Waals surface area (Å²) < 4.78 is 6.59. The van der Waals surface area contributed by atoms with Crippen molar-refractivity contribution in [1.82, 2.24) is 25.6 Å². The number of rotatable bonds is 8. The number of nitrogens with zero attached hydrogens (tertiary/aromatic N) is 3. The number of carboxylic acids is 1. The van der Waals surface area contributed by atoms with Crippen molar-refractivity contribution >= 4 is 40.4 Å². The zero-order chi connectivity index (χ0) is 21.3. The second-order valence-corrected chi connectivity index (χ2v) is 6.85. The van der Waals surface area contributed by atoms with E-state index in [1.807, 2.05) is 54.6 Å². The van der Waals surface area contributed by atoms with Gasteiger partial charge in [-0.1, -0.05) is 47.7 Å². The number of thiocarbonyl (C=S) groups is 1. The summed E-state index contributed by atoms with van der Waals surface area (Å²) in [5.41, 5.74) is 2.32. The van der Waals surface area contributed by atoms with E-state index in [1.54, 1.807) is 0 Å². The molecule has 0 fully saturated rings. The molecule has 0 aliphatic heterocycles. The van der Waals surface area contributed by atoms with E-state index in [4.69, 9.17) is 17.0 Å². The van der Waals surface area contributed by atoms with Gasteiger partial charge in [-0.2, -0.15) is 4.68 Å². The molecule has 10 heteroatoms. The van der Waals surface area contributed by atoms with Crippen LogP contribution in [0.4, 0.5) is 4.79 Å². The fraction of sp³-hybridized carbons (Fsp3) is 0.250. The maximum Gasteiger partial charge on any atom is 0.408 e. The van der Waals surface area contributed by atoms with Crippen LogP contribution in [0, 0.1) is 0 Å². The fourth-order valence-electron chi connectivity index (χ4n) is 2.76. The van der Waals surface area contributed by atoms with E-state index in [0.717, 1.165) is 16.6 Å². The predicted molar refractivity (Wildman–Crippen MR) is 114 cm³/mol. The van der Waals surface area contributed by atoms with E-state index in [1.165, 1.54) is 4.68 Å². The Balaban J connectivity index is 1.42. The van der Waals surface area contributed by atoms with Gasteiger partial charge in [-0.25, -0.2) is 9.59 Å². The van der Waals surface area contributed by atoms with E-state index in [-0.39, 0.29) is 13.0 Å². The molecule has 156 valence electrons. The molecule has 9 nitrogen and oxygen atoms in total. The lowest BCUT2D eigenvalue weighted by molar-refractivity contribution is -0.139. The minimum Gasteiger partial charge on any atom is -0.480 e. The Labute approximate surface area is 178 Å². The average Bonchev–Trinajstić information content (AvgIpc) is 3.19. The lowest BCUT2D eigenvalue weighted by Gasteiger charge is -2.15. The number of aromatic nitrogens is 3. The molecule has 0 bridgehead atoms. The fourth-order valence-corrected chi connectivity index (χ4v) is 3.00. The quantitative estimate of drug-likeness (QED) is 0.370. The molecule has 3 N–H and O–H groups in total. The maximum absolute atomic E-state index is 11.9. The Morgan fingerprint density at radius 2 is 1.87 bits per heavy atom. The van der Waals surface area contributed by atoms with Gasteiger partial charge in [-0.15, -0.1) is 5.10 Å². The van der Waals surface area contributed by atoms with Gasteiger partial charge in [-0.05, 0) is 42.8 Å². The third-order valence-corrected chi connectivity index (χ3v) is 4.61. The molecule has 0 spiro atoms. The average molecular weight is 427 g/mol. The number of carbonyl (C=O) groups excluding carboxylic acids is 1. The molecule has 0 saturated carbocycles. The summed E-state index contributed by atoms with van der Waals surface area (Å²) in [5.74, 6) is -1.13. The zero-order valence-corrected chi connectivity index (χ0v) is 16.8. The molecule has 1 atom stereocenters. The van der Waals surface area contributed by atoms with Crippen molar-refractivity contribution in [2.75, 3.05) is 6.54 Å². The topological polar surface area (TPSA) is 118 Å². The number of amides is 1. The highest BCUT2D eigenvalue weighted by molar-refractivity contribution is 7.80. The standard InChI is InChI=1S/C20H21N5O4S/c26-18(27)16(22-20(28)29-13-14-7-2-1-3-8-14)10-6-12-21-19(30)25-17-11-5-4-9-15(17)23-24-25/h1-5,7-9,11,16H,6,10,12-13H2,(H,21,30)(H,22,28)(H,26,27)/t16-/m0/s1. The van der Waals surface area contributed by atoms with Crippen LogP contribution in [0.15, 0.2) is 54.6 Å². The van der Waals surface area contributed by atoms with Crippen LogP contribution in [0.2, 0.25) is 0 Å². The molecule has 0 saturated heterocycles. The van der Waals surface area contributed by atoms with E-state index in [9.17, 15) is 14.7 Å². The van der Waals surface area contributed by atoms with E-state index >= 15 is 0 Å². The van der Waals surface area contributed by atoms with Crippen LogP contribution >= 0.6 is 12.2 Å².